The maximum atomic E-state index is 11.7. The predicted octanol–water partition coefficient (Wildman–Crippen LogP) is 1.93. The normalized spacial score (nSPS) is 11.6. The van der Waals surface area contributed by atoms with Crippen LogP contribution in [0.25, 0.3) is 0 Å². The monoisotopic (exact) mass is 257 g/mol. The van der Waals surface area contributed by atoms with Gasteiger partial charge in [0.2, 0.25) is 0 Å². The molecule has 84 valence electrons. The topological polar surface area (TPSA) is 54.9 Å². The predicted molar refractivity (Wildman–Crippen MR) is 62.4 cm³/mol. The minimum absolute atomic E-state index is 0.00576. The van der Waals surface area contributed by atoms with E-state index in [1.807, 2.05) is 6.92 Å². The van der Waals surface area contributed by atoms with Gasteiger partial charge in [-0.25, -0.2) is 0 Å². The van der Waals surface area contributed by atoms with Crippen molar-refractivity contribution in [3.63, 3.8) is 0 Å². The number of nitrogens with one attached hydrogen (secondary N) is 1. The fourth-order valence-corrected chi connectivity index (χ4v) is 1.33. The molecule has 1 heterocycles. The largest absolute Gasteiger partial charge is 0.338 e. The Bertz CT molecular complexity index is 442. The second-order valence-corrected chi connectivity index (χ2v) is 3.72. The maximum Gasteiger partial charge on any atom is 0.255 e. The Hall–Kier alpha value is -1.31. The van der Waals surface area contributed by atoms with Crippen molar-refractivity contribution in [1.82, 2.24) is 15.5 Å². The maximum absolute atomic E-state index is 11.7. The van der Waals surface area contributed by atoms with Crippen molar-refractivity contribution in [2.45, 2.75) is 19.4 Å². The van der Waals surface area contributed by atoms with Crippen LogP contribution in [0.2, 0.25) is 10.3 Å². The zero-order chi connectivity index (χ0) is 12.1. The molecule has 0 radical (unpaired) electrons. The van der Waals surface area contributed by atoms with Gasteiger partial charge in [0.1, 0.15) is 0 Å². The number of carbonyl (C=O) groups excluding carboxylic acids is 1. The molecule has 0 aliphatic carbocycles. The first-order valence-corrected chi connectivity index (χ1v) is 5.29. The molecule has 0 aliphatic heterocycles. The van der Waals surface area contributed by atoms with Crippen LogP contribution in [-0.4, -0.2) is 22.1 Å². The zero-order valence-electron chi connectivity index (χ0n) is 8.50. The average molecular weight is 258 g/mol. The van der Waals surface area contributed by atoms with Crippen molar-refractivity contribution in [1.29, 1.82) is 0 Å². The van der Waals surface area contributed by atoms with Gasteiger partial charge < -0.3 is 5.32 Å². The summed E-state index contributed by atoms with van der Waals surface area (Å²) < 4.78 is 0. The van der Waals surface area contributed by atoms with Crippen LogP contribution in [0.3, 0.4) is 0 Å². The Morgan fingerprint density at radius 1 is 1.62 bits per heavy atom. The Balaban J connectivity index is 2.89. The molecule has 0 saturated carbocycles. The van der Waals surface area contributed by atoms with Crippen molar-refractivity contribution < 1.29 is 4.79 Å². The highest BCUT2D eigenvalue weighted by Crippen LogP contribution is 2.15. The summed E-state index contributed by atoms with van der Waals surface area (Å²) in [5, 5.41) is 9.74. The standard InChI is InChI=1S/C10H9Cl2N3O/c1-3-6(4-2)13-10(16)7-5-8(11)14-15-9(7)12/h1,5-6H,4H2,2H3,(H,13,16). The molecule has 1 amide bonds. The molecule has 16 heavy (non-hydrogen) atoms. The van der Waals surface area contributed by atoms with Gasteiger partial charge >= 0.3 is 0 Å². The van der Waals surface area contributed by atoms with Gasteiger partial charge in [-0.3, -0.25) is 4.79 Å². The van der Waals surface area contributed by atoms with E-state index >= 15 is 0 Å². The minimum Gasteiger partial charge on any atom is -0.338 e. The smallest absolute Gasteiger partial charge is 0.255 e. The first-order chi connectivity index (χ1) is 7.58. The Labute approximate surface area is 103 Å². The Kier molecular flexibility index (Phi) is 4.53. The number of carbonyl (C=O) groups is 1. The molecule has 1 aromatic rings. The fourth-order valence-electron chi connectivity index (χ4n) is 1.01. The number of terminal acetylenes is 1. The number of hydrogen-bond acceptors (Lipinski definition) is 3. The zero-order valence-corrected chi connectivity index (χ0v) is 10.0. The van der Waals surface area contributed by atoms with Crippen molar-refractivity contribution in [2.75, 3.05) is 0 Å². The number of aromatic nitrogens is 2. The summed E-state index contributed by atoms with van der Waals surface area (Å²) in [5.41, 5.74) is 0.162. The summed E-state index contributed by atoms with van der Waals surface area (Å²) in [6.07, 6.45) is 5.86. The number of hydrogen-bond donors (Lipinski definition) is 1. The summed E-state index contributed by atoms with van der Waals surface area (Å²) in [5.74, 6) is 2.03. The summed E-state index contributed by atoms with van der Waals surface area (Å²) in [6.45, 7) is 1.87. The molecular weight excluding hydrogens is 249 g/mol. The highest BCUT2D eigenvalue weighted by atomic mass is 35.5. The minimum atomic E-state index is -0.411. The fraction of sp³-hybridized carbons (Fsp3) is 0.300. The van der Waals surface area contributed by atoms with Gasteiger partial charge in [-0.15, -0.1) is 16.6 Å². The molecule has 0 fully saturated rings. The number of nitrogens with zero attached hydrogens (tertiary/aromatic N) is 2. The first-order valence-electron chi connectivity index (χ1n) is 4.54. The van der Waals surface area contributed by atoms with Gasteiger partial charge in [0.05, 0.1) is 11.6 Å². The molecule has 1 aromatic heterocycles. The van der Waals surface area contributed by atoms with Gasteiger partial charge in [0, 0.05) is 0 Å². The Morgan fingerprint density at radius 3 is 2.88 bits per heavy atom. The molecule has 1 rings (SSSR count). The van der Waals surface area contributed by atoms with Crippen LogP contribution in [0.5, 0.6) is 0 Å². The molecule has 0 aliphatic rings. The van der Waals surface area contributed by atoms with Crippen LogP contribution in [0.15, 0.2) is 6.07 Å². The lowest BCUT2D eigenvalue weighted by Gasteiger charge is -2.10. The second-order valence-electron chi connectivity index (χ2n) is 2.97. The van der Waals surface area contributed by atoms with E-state index in [0.29, 0.717) is 6.42 Å². The van der Waals surface area contributed by atoms with Gasteiger partial charge in [-0.1, -0.05) is 36.0 Å². The summed E-state index contributed by atoms with van der Waals surface area (Å²) >= 11 is 11.3. The SMILES string of the molecule is C#CC(CC)NC(=O)c1cc(Cl)nnc1Cl. The highest BCUT2D eigenvalue weighted by Gasteiger charge is 2.15. The summed E-state index contributed by atoms with van der Waals surface area (Å²) in [7, 11) is 0. The first kappa shape index (κ1) is 12.8. The van der Waals surface area contributed by atoms with E-state index in [1.165, 1.54) is 6.07 Å². The van der Waals surface area contributed by atoms with Crippen molar-refractivity contribution in [3.05, 3.63) is 21.9 Å². The average Bonchev–Trinajstić information content (AvgIpc) is 2.28. The van der Waals surface area contributed by atoms with Crippen molar-refractivity contribution in [2.24, 2.45) is 0 Å². The van der Waals surface area contributed by atoms with Crippen molar-refractivity contribution >= 4 is 29.1 Å². The molecule has 1 unspecified atom stereocenters. The lowest BCUT2D eigenvalue weighted by Crippen LogP contribution is -2.33. The molecule has 1 atom stereocenters. The van der Waals surface area contributed by atoms with E-state index in [9.17, 15) is 4.79 Å². The molecule has 0 saturated heterocycles. The quantitative estimate of drug-likeness (QED) is 0.843. The molecular formula is C10H9Cl2N3O. The third kappa shape index (κ3) is 3.09. The Morgan fingerprint density at radius 2 is 2.31 bits per heavy atom. The van der Waals surface area contributed by atoms with E-state index in [1.54, 1.807) is 0 Å². The van der Waals surface area contributed by atoms with E-state index in [2.05, 4.69) is 21.4 Å². The van der Waals surface area contributed by atoms with Crippen LogP contribution in [-0.2, 0) is 0 Å². The molecule has 0 aromatic carbocycles. The van der Waals surface area contributed by atoms with Crippen LogP contribution >= 0.6 is 23.2 Å². The van der Waals surface area contributed by atoms with E-state index in [-0.39, 0.29) is 21.9 Å². The van der Waals surface area contributed by atoms with Crippen LogP contribution in [0.4, 0.5) is 0 Å². The number of rotatable bonds is 3. The molecule has 0 spiro atoms. The summed E-state index contributed by atoms with van der Waals surface area (Å²) in [6, 6.07) is 1.01. The van der Waals surface area contributed by atoms with Gasteiger partial charge in [0.15, 0.2) is 10.3 Å². The molecule has 6 heteroatoms. The number of amides is 1. The third-order valence-electron chi connectivity index (χ3n) is 1.88. The van der Waals surface area contributed by atoms with Crippen LogP contribution in [0.1, 0.15) is 23.7 Å². The van der Waals surface area contributed by atoms with Gasteiger partial charge in [-0.05, 0) is 12.5 Å². The van der Waals surface area contributed by atoms with Gasteiger partial charge in [0.25, 0.3) is 5.91 Å². The molecule has 1 N–H and O–H groups in total. The molecule has 0 bridgehead atoms. The van der Waals surface area contributed by atoms with Crippen LogP contribution < -0.4 is 5.32 Å². The molecule has 4 nitrogen and oxygen atoms in total. The lowest BCUT2D eigenvalue weighted by atomic mass is 10.2. The lowest BCUT2D eigenvalue weighted by molar-refractivity contribution is 0.0944. The van der Waals surface area contributed by atoms with E-state index in [4.69, 9.17) is 29.6 Å². The second kappa shape index (κ2) is 5.69. The van der Waals surface area contributed by atoms with E-state index < -0.39 is 5.91 Å². The van der Waals surface area contributed by atoms with E-state index in [0.717, 1.165) is 0 Å². The highest BCUT2D eigenvalue weighted by molar-refractivity contribution is 6.34. The van der Waals surface area contributed by atoms with Crippen molar-refractivity contribution in [3.8, 4) is 12.3 Å². The third-order valence-corrected chi connectivity index (χ3v) is 2.34. The summed E-state index contributed by atoms with van der Waals surface area (Å²) in [4.78, 5) is 11.7. The number of halogens is 2. The van der Waals surface area contributed by atoms with Crippen LogP contribution in [0, 0.1) is 12.3 Å². The van der Waals surface area contributed by atoms with Gasteiger partial charge in [-0.2, -0.15) is 0 Å².